The second-order valence-electron chi connectivity index (χ2n) is 5.54. The Morgan fingerprint density at radius 2 is 2.00 bits per heavy atom. The van der Waals surface area contributed by atoms with Crippen molar-refractivity contribution in [2.75, 3.05) is 26.2 Å². The number of aliphatic hydroxyl groups is 1. The first-order valence-corrected chi connectivity index (χ1v) is 7.42. The molecule has 1 unspecified atom stereocenters. The van der Waals surface area contributed by atoms with E-state index < -0.39 is 11.7 Å². The predicted octanol–water partition coefficient (Wildman–Crippen LogP) is 1.57. The molecule has 1 aliphatic heterocycles. The van der Waals surface area contributed by atoms with Crippen LogP contribution in [0.3, 0.4) is 0 Å². The summed E-state index contributed by atoms with van der Waals surface area (Å²) in [5, 5.41) is 14.0. The second kappa shape index (κ2) is 7.65. The maximum atomic E-state index is 12.5. The van der Waals surface area contributed by atoms with Crippen molar-refractivity contribution in [3.8, 4) is 0 Å². The van der Waals surface area contributed by atoms with Gasteiger partial charge < -0.3 is 15.7 Å². The summed E-state index contributed by atoms with van der Waals surface area (Å²) in [5.74, 6) is 0. The number of amides is 2. The van der Waals surface area contributed by atoms with Gasteiger partial charge in [0.25, 0.3) is 0 Å². The second-order valence-corrected chi connectivity index (χ2v) is 5.54. The van der Waals surface area contributed by atoms with Crippen LogP contribution in [0.1, 0.15) is 17.5 Å². The van der Waals surface area contributed by atoms with Crippen LogP contribution in [0.2, 0.25) is 0 Å². The van der Waals surface area contributed by atoms with E-state index in [-0.39, 0.29) is 25.2 Å². The molecule has 23 heavy (non-hydrogen) atoms. The van der Waals surface area contributed by atoms with E-state index in [2.05, 4.69) is 15.5 Å². The largest absolute Gasteiger partial charge is 0.416 e. The Morgan fingerprint density at radius 1 is 1.30 bits per heavy atom. The van der Waals surface area contributed by atoms with Crippen LogP contribution in [0.15, 0.2) is 24.3 Å². The fourth-order valence-electron chi connectivity index (χ4n) is 2.56. The van der Waals surface area contributed by atoms with Crippen LogP contribution in [0.5, 0.6) is 0 Å². The topological polar surface area (TPSA) is 64.6 Å². The number of hydrogen-bond donors (Lipinski definition) is 3. The molecule has 1 aromatic carbocycles. The lowest BCUT2D eigenvalue weighted by molar-refractivity contribution is -0.137. The Hall–Kier alpha value is -1.80. The Kier molecular flexibility index (Phi) is 5.84. The zero-order chi connectivity index (χ0) is 16.9. The van der Waals surface area contributed by atoms with Gasteiger partial charge in [-0.05, 0) is 24.1 Å². The van der Waals surface area contributed by atoms with Gasteiger partial charge in [-0.2, -0.15) is 13.2 Å². The fraction of sp³-hybridized carbons (Fsp3) is 0.533. The van der Waals surface area contributed by atoms with Crippen molar-refractivity contribution in [1.29, 1.82) is 0 Å². The molecule has 128 valence electrons. The first-order chi connectivity index (χ1) is 10.9. The average Bonchev–Trinajstić information content (AvgIpc) is 2.91. The first-order valence-electron chi connectivity index (χ1n) is 7.42. The summed E-state index contributed by atoms with van der Waals surface area (Å²) in [6.07, 6.45) is -3.53. The lowest BCUT2D eigenvalue weighted by Gasteiger charge is -2.17. The Morgan fingerprint density at radius 3 is 2.61 bits per heavy atom. The molecule has 8 heteroatoms. The van der Waals surface area contributed by atoms with E-state index in [9.17, 15) is 18.0 Å². The highest BCUT2D eigenvalue weighted by Gasteiger charge is 2.30. The lowest BCUT2D eigenvalue weighted by Crippen LogP contribution is -2.44. The smallest absolute Gasteiger partial charge is 0.395 e. The van der Waals surface area contributed by atoms with Crippen molar-refractivity contribution in [2.45, 2.75) is 25.2 Å². The Bertz CT molecular complexity index is 520. The van der Waals surface area contributed by atoms with Crippen LogP contribution in [0.4, 0.5) is 18.0 Å². The van der Waals surface area contributed by atoms with E-state index in [0.29, 0.717) is 13.1 Å². The predicted molar refractivity (Wildman–Crippen MR) is 78.7 cm³/mol. The minimum absolute atomic E-state index is 0.00291. The van der Waals surface area contributed by atoms with Gasteiger partial charge in [-0.15, -0.1) is 0 Å². The summed E-state index contributed by atoms with van der Waals surface area (Å²) in [6, 6.07) is 4.82. The molecular formula is C15H20F3N3O2. The van der Waals surface area contributed by atoms with Crippen molar-refractivity contribution in [3.63, 3.8) is 0 Å². The third-order valence-electron chi connectivity index (χ3n) is 3.69. The van der Waals surface area contributed by atoms with Gasteiger partial charge in [-0.25, -0.2) is 4.79 Å². The van der Waals surface area contributed by atoms with Gasteiger partial charge in [-0.3, -0.25) is 4.90 Å². The number of urea groups is 1. The van der Waals surface area contributed by atoms with Crippen molar-refractivity contribution >= 4 is 6.03 Å². The maximum absolute atomic E-state index is 12.5. The zero-order valence-electron chi connectivity index (χ0n) is 12.6. The number of carbonyl (C=O) groups excluding carboxylic acids is 1. The highest BCUT2D eigenvalue weighted by Crippen LogP contribution is 2.29. The number of halogens is 3. The molecule has 1 atom stereocenters. The summed E-state index contributed by atoms with van der Waals surface area (Å²) in [6.45, 7) is 2.06. The van der Waals surface area contributed by atoms with Gasteiger partial charge in [0, 0.05) is 32.2 Å². The molecule has 5 nitrogen and oxygen atoms in total. The van der Waals surface area contributed by atoms with Gasteiger partial charge in [-0.1, -0.05) is 12.1 Å². The maximum Gasteiger partial charge on any atom is 0.416 e. The first kappa shape index (κ1) is 17.6. The molecule has 0 aromatic heterocycles. The Labute approximate surface area is 132 Å². The molecule has 0 aliphatic carbocycles. The highest BCUT2D eigenvalue weighted by atomic mass is 19.4. The monoisotopic (exact) mass is 331 g/mol. The van der Waals surface area contributed by atoms with Gasteiger partial charge in [0.05, 0.1) is 12.2 Å². The van der Waals surface area contributed by atoms with Crippen LogP contribution < -0.4 is 10.6 Å². The van der Waals surface area contributed by atoms with Crippen LogP contribution >= 0.6 is 0 Å². The standard InChI is InChI=1S/C15H20F3N3O2/c16-15(17,18)12-3-1-11(2-4-12)9-21-7-5-13(10-21)20-14(23)19-6-8-22/h1-4,13,22H,5-10H2,(H2,19,20,23). The molecule has 1 aliphatic rings. The van der Waals surface area contributed by atoms with Gasteiger partial charge in [0.2, 0.25) is 0 Å². The van der Waals surface area contributed by atoms with E-state index in [1.807, 2.05) is 0 Å². The molecule has 1 fully saturated rings. The van der Waals surface area contributed by atoms with Crippen LogP contribution in [-0.4, -0.2) is 48.3 Å². The third kappa shape index (κ3) is 5.40. The molecule has 0 radical (unpaired) electrons. The minimum Gasteiger partial charge on any atom is -0.395 e. The number of benzene rings is 1. The molecule has 2 amide bonds. The van der Waals surface area contributed by atoms with Crippen LogP contribution in [0.25, 0.3) is 0 Å². The van der Waals surface area contributed by atoms with Gasteiger partial charge in [0.15, 0.2) is 0 Å². The van der Waals surface area contributed by atoms with E-state index in [1.54, 1.807) is 0 Å². The molecule has 2 rings (SSSR count). The van der Waals surface area contributed by atoms with Crippen molar-refractivity contribution in [2.24, 2.45) is 0 Å². The summed E-state index contributed by atoms with van der Waals surface area (Å²) >= 11 is 0. The van der Waals surface area contributed by atoms with E-state index in [4.69, 9.17) is 5.11 Å². The number of aliphatic hydroxyl groups excluding tert-OH is 1. The molecule has 0 saturated carbocycles. The number of hydrogen-bond acceptors (Lipinski definition) is 3. The summed E-state index contributed by atoms with van der Waals surface area (Å²) in [4.78, 5) is 13.6. The molecule has 1 aromatic rings. The molecule has 0 spiro atoms. The molecule has 1 heterocycles. The number of likely N-dealkylation sites (tertiary alicyclic amines) is 1. The van der Waals surface area contributed by atoms with Crippen molar-refractivity contribution in [3.05, 3.63) is 35.4 Å². The number of carbonyl (C=O) groups is 1. The summed E-state index contributed by atoms with van der Waals surface area (Å²) in [5.41, 5.74) is 0.158. The Balaban J connectivity index is 1.80. The van der Waals surface area contributed by atoms with Crippen LogP contribution in [0, 0.1) is 0 Å². The number of alkyl halides is 3. The van der Waals surface area contributed by atoms with Gasteiger partial charge in [0.1, 0.15) is 0 Å². The highest BCUT2D eigenvalue weighted by molar-refractivity contribution is 5.74. The number of rotatable bonds is 5. The van der Waals surface area contributed by atoms with Crippen molar-refractivity contribution < 1.29 is 23.1 Å². The molecular weight excluding hydrogens is 311 g/mol. The molecule has 3 N–H and O–H groups in total. The quantitative estimate of drug-likeness (QED) is 0.767. The number of nitrogens with one attached hydrogen (secondary N) is 2. The fourth-order valence-corrected chi connectivity index (χ4v) is 2.56. The summed E-state index contributed by atoms with van der Waals surface area (Å²) in [7, 11) is 0. The average molecular weight is 331 g/mol. The molecule has 1 saturated heterocycles. The number of nitrogens with zero attached hydrogens (tertiary/aromatic N) is 1. The van der Waals surface area contributed by atoms with Gasteiger partial charge >= 0.3 is 12.2 Å². The lowest BCUT2D eigenvalue weighted by atomic mass is 10.1. The van der Waals surface area contributed by atoms with Crippen molar-refractivity contribution in [1.82, 2.24) is 15.5 Å². The van der Waals surface area contributed by atoms with E-state index in [0.717, 1.165) is 30.7 Å². The normalized spacial score (nSPS) is 18.9. The third-order valence-corrected chi connectivity index (χ3v) is 3.69. The summed E-state index contributed by atoms with van der Waals surface area (Å²) < 4.78 is 37.5. The minimum atomic E-state index is -4.32. The molecule has 0 bridgehead atoms. The van der Waals surface area contributed by atoms with E-state index >= 15 is 0 Å². The van der Waals surface area contributed by atoms with Crippen LogP contribution in [-0.2, 0) is 12.7 Å². The zero-order valence-corrected chi connectivity index (χ0v) is 12.6. The van der Waals surface area contributed by atoms with E-state index in [1.165, 1.54) is 12.1 Å². The SMILES string of the molecule is O=C(NCCO)NC1CCN(Cc2ccc(C(F)(F)F)cc2)C1.